The molecule has 1 amide bonds. The predicted octanol–water partition coefficient (Wildman–Crippen LogP) is 7.65. The third-order valence-electron chi connectivity index (χ3n) is 6.11. The number of hydrogen-bond donors (Lipinski definition) is 1. The minimum atomic E-state index is -4.63. The number of halogens is 8. The predicted molar refractivity (Wildman–Crippen MR) is 133 cm³/mol. The van der Waals surface area contributed by atoms with Crippen LogP contribution >= 0.6 is 23.2 Å². The van der Waals surface area contributed by atoms with Gasteiger partial charge in [-0.1, -0.05) is 41.4 Å². The van der Waals surface area contributed by atoms with E-state index in [1.807, 2.05) is 6.92 Å². The van der Waals surface area contributed by atoms with Crippen LogP contribution in [0.15, 0.2) is 71.8 Å². The third-order valence-corrected chi connectivity index (χ3v) is 6.68. The highest BCUT2D eigenvalue weighted by Crippen LogP contribution is 2.39. The van der Waals surface area contributed by atoms with Gasteiger partial charge in [0.05, 0.1) is 33.8 Å². The molecule has 0 bridgehead atoms. The Morgan fingerprint density at radius 1 is 0.947 bits per heavy atom. The maximum atomic E-state index is 13.2. The lowest BCUT2D eigenvalue weighted by Crippen LogP contribution is -2.38. The van der Waals surface area contributed by atoms with Crippen molar-refractivity contribution in [2.24, 2.45) is 5.10 Å². The quantitative estimate of drug-likeness (QED) is 0.319. The second kappa shape index (κ2) is 10.1. The fourth-order valence-corrected chi connectivity index (χ4v) is 4.66. The number of carbonyl (C=O) groups excluding carboxylic acids is 1. The summed E-state index contributed by atoms with van der Waals surface area (Å²) in [6.07, 6.45) is -9.13. The number of nitrogens with zero attached hydrogens (tertiary/aromatic N) is 2. The van der Waals surface area contributed by atoms with Gasteiger partial charge in [0, 0.05) is 16.3 Å². The number of carbonyl (C=O) groups is 1. The van der Waals surface area contributed by atoms with Crippen molar-refractivity contribution in [2.75, 3.05) is 18.4 Å². The van der Waals surface area contributed by atoms with Gasteiger partial charge in [-0.15, -0.1) is 0 Å². The highest BCUT2D eigenvalue weighted by molar-refractivity contribution is 6.32. The second-order valence-corrected chi connectivity index (χ2v) is 9.77. The Labute approximate surface area is 223 Å². The molecule has 3 aromatic rings. The summed E-state index contributed by atoms with van der Waals surface area (Å²) in [5.74, 6) is -0.543. The second-order valence-electron chi connectivity index (χ2n) is 8.93. The molecule has 12 heteroatoms. The molecule has 3 aromatic carbocycles. The first-order valence-corrected chi connectivity index (χ1v) is 11.9. The summed E-state index contributed by atoms with van der Waals surface area (Å²) in [5, 5.41) is 8.50. The standard InChI is InChI=1S/C26H19Cl2F6N3O/c1-24(16-3-7-18(27)8-4-16)14-37(13-22(38)35-19-9-5-17(6-10-19)25(29,30)31)36-23(24)15-2-11-20(21(28)12-15)26(32,33)34/h2-12H,13-14H2,1H3,(H,35,38). The molecule has 0 saturated carbocycles. The van der Waals surface area contributed by atoms with Gasteiger partial charge in [-0.2, -0.15) is 31.4 Å². The highest BCUT2D eigenvalue weighted by atomic mass is 35.5. The number of benzene rings is 3. The van der Waals surface area contributed by atoms with Gasteiger partial charge >= 0.3 is 12.4 Å². The maximum Gasteiger partial charge on any atom is 0.417 e. The van der Waals surface area contributed by atoms with E-state index >= 15 is 0 Å². The summed E-state index contributed by atoms with van der Waals surface area (Å²) in [4.78, 5) is 12.7. The molecule has 1 atom stereocenters. The van der Waals surface area contributed by atoms with Crippen LogP contribution in [-0.2, 0) is 22.6 Å². The lowest BCUT2D eigenvalue weighted by molar-refractivity contribution is -0.138. The normalized spacial score (nSPS) is 17.9. The van der Waals surface area contributed by atoms with E-state index in [1.165, 1.54) is 17.1 Å². The first kappa shape index (κ1) is 27.8. The van der Waals surface area contributed by atoms with Crippen LogP contribution in [0.3, 0.4) is 0 Å². The Morgan fingerprint density at radius 2 is 1.58 bits per heavy atom. The summed E-state index contributed by atoms with van der Waals surface area (Å²) < 4.78 is 78.1. The van der Waals surface area contributed by atoms with E-state index in [-0.39, 0.29) is 18.8 Å². The molecule has 0 radical (unpaired) electrons. The summed E-state index contributed by atoms with van der Waals surface area (Å²) in [6.45, 7) is 1.75. The monoisotopic (exact) mass is 573 g/mol. The Hall–Kier alpha value is -3.24. The molecule has 4 rings (SSSR count). The van der Waals surface area contributed by atoms with Crippen LogP contribution in [-0.4, -0.2) is 29.7 Å². The molecule has 0 spiro atoms. The Kier molecular flexibility index (Phi) is 7.42. The molecular weight excluding hydrogens is 555 g/mol. The number of alkyl halides is 6. The van der Waals surface area contributed by atoms with Gasteiger partial charge in [-0.25, -0.2) is 0 Å². The van der Waals surface area contributed by atoms with E-state index in [4.69, 9.17) is 23.2 Å². The molecule has 1 unspecified atom stereocenters. The van der Waals surface area contributed by atoms with E-state index in [0.29, 0.717) is 16.3 Å². The van der Waals surface area contributed by atoms with E-state index in [2.05, 4.69) is 10.4 Å². The topological polar surface area (TPSA) is 44.7 Å². The van der Waals surface area contributed by atoms with Crippen LogP contribution in [0.25, 0.3) is 0 Å². The molecule has 1 aliphatic heterocycles. The van der Waals surface area contributed by atoms with Gasteiger partial charge in [0.2, 0.25) is 5.91 Å². The molecule has 0 aliphatic carbocycles. The summed E-state index contributed by atoms with van der Waals surface area (Å²) in [7, 11) is 0. The summed E-state index contributed by atoms with van der Waals surface area (Å²) in [6, 6.07) is 14.2. The van der Waals surface area contributed by atoms with Crippen molar-refractivity contribution >= 4 is 40.5 Å². The first-order valence-electron chi connectivity index (χ1n) is 11.1. The molecule has 0 fully saturated rings. The highest BCUT2D eigenvalue weighted by Gasteiger charge is 2.42. The molecule has 200 valence electrons. The van der Waals surface area contributed by atoms with Crippen LogP contribution in [0.2, 0.25) is 10.0 Å². The fraction of sp³-hybridized carbons (Fsp3) is 0.231. The van der Waals surface area contributed by atoms with Crippen LogP contribution in [0.4, 0.5) is 32.0 Å². The van der Waals surface area contributed by atoms with Crippen molar-refractivity contribution in [2.45, 2.75) is 24.7 Å². The zero-order chi connectivity index (χ0) is 27.9. The SMILES string of the molecule is CC1(c2ccc(Cl)cc2)CN(CC(=O)Nc2ccc(C(F)(F)F)cc2)N=C1c1ccc(C(F)(F)F)c(Cl)c1. The Bertz CT molecular complexity index is 1370. The smallest absolute Gasteiger partial charge is 0.324 e. The summed E-state index contributed by atoms with van der Waals surface area (Å²) >= 11 is 12.0. The molecule has 1 heterocycles. The number of anilines is 1. The average Bonchev–Trinajstić information content (AvgIpc) is 3.15. The van der Waals surface area contributed by atoms with E-state index in [9.17, 15) is 31.1 Å². The Morgan fingerprint density at radius 3 is 2.13 bits per heavy atom. The Balaban J connectivity index is 1.61. The van der Waals surface area contributed by atoms with E-state index < -0.39 is 39.8 Å². The zero-order valence-corrected chi connectivity index (χ0v) is 21.1. The molecule has 4 nitrogen and oxygen atoms in total. The van der Waals surface area contributed by atoms with Crippen LogP contribution in [0, 0.1) is 0 Å². The van der Waals surface area contributed by atoms with Crippen molar-refractivity contribution in [3.63, 3.8) is 0 Å². The molecule has 38 heavy (non-hydrogen) atoms. The first-order chi connectivity index (χ1) is 17.7. The number of rotatable bonds is 5. The lowest BCUT2D eigenvalue weighted by Gasteiger charge is -2.27. The maximum absolute atomic E-state index is 13.2. The number of hydrogen-bond acceptors (Lipinski definition) is 3. The van der Waals surface area contributed by atoms with Crippen molar-refractivity contribution < 1.29 is 31.1 Å². The summed E-state index contributed by atoms with van der Waals surface area (Å²) in [5.41, 5.74) is -1.05. The molecular formula is C26H19Cl2F6N3O. The fourth-order valence-electron chi connectivity index (χ4n) is 4.24. The van der Waals surface area contributed by atoms with Gasteiger partial charge in [0.1, 0.15) is 6.54 Å². The zero-order valence-electron chi connectivity index (χ0n) is 19.6. The van der Waals surface area contributed by atoms with Crippen molar-refractivity contribution in [3.05, 3.63) is 99.0 Å². The van der Waals surface area contributed by atoms with E-state index in [0.717, 1.165) is 35.9 Å². The molecule has 1 aliphatic rings. The van der Waals surface area contributed by atoms with Crippen molar-refractivity contribution in [1.29, 1.82) is 0 Å². The van der Waals surface area contributed by atoms with Gasteiger partial charge in [0.25, 0.3) is 0 Å². The number of nitrogens with one attached hydrogen (secondary N) is 1. The molecule has 0 aromatic heterocycles. The van der Waals surface area contributed by atoms with Crippen LogP contribution < -0.4 is 5.32 Å². The minimum absolute atomic E-state index is 0.168. The van der Waals surface area contributed by atoms with Gasteiger partial charge < -0.3 is 5.32 Å². The van der Waals surface area contributed by atoms with Crippen LogP contribution in [0.5, 0.6) is 0 Å². The van der Waals surface area contributed by atoms with Crippen LogP contribution in [0.1, 0.15) is 29.2 Å². The van der Waals surface area contributed by atoms with Gasteiger partial charge in [-0.3, -0.25) is 9.80 Å². The number of amides is 1. The number of hydrazone groups is 1. The van der Waals surface area contributed by atoms with Crippen molar-refractivity contribution in [3.8, 4) is 0 Å². The largest absolute Gasteiger partial charge is 0.417 e. The third kappa shape index (κ3) is 5.91. The lowest BCUT2D eigenvalue weighted by atomic mass is 9.76. The minimum Gasteiger partial charge on any atom is -0.324 e. The molecule has 0 saturated heterocycles. The average molecular weight is 574 g/mol. The van der Waals surface area contributed by atoms with Gasteiger partial charge in [0.15, 0.2) is 0 Å². The van der Waals surface area contributed by atoms with E-state index in [1.54, 1.807) is 24.3 Å². The van der Waals surface area contributed by atoms with Gasteiger partial charge in [-0.05, 0) is 61.0 Å². The molecule has 1 N–H and O–H groups in total. The van der Waals surface area contributed by atoms with Crippen molar-refractivity contribution in [1.82, 2.24) is 5.01 Å².